The van der Waals surface area contributed by atoms with E-state index in [2.05, 4.69) is 10.3 Å². The van der Waals surface area contributed by atoms with Crippen molar-refractivity contribution in [3.05, 3.63) is 34.0 Å². The molecule has 5 heteroatoms. The molecule has 1 saturated heterocycles. The molecule has 1 aromatic heterocycles. The lowest BCUT2D eigenvalue weighted by molar-refractivity contribution is -0.389. The van der Waals surface area contributed by atoms with Gasteiger partial charge in [-0.3, -0.25) is 0 Å². The van der Waals surface area contributed by atoms with E-state index in [9.17, 15) is 10.1 Å². The van der Waals surface area contributed by atoms with Gasteiger partial charge in [0, 0.05) is 17.7 Å². The fourth-order valence-electron chi connectivity index (χ4n) is 1.68. The lowest BCUT2D eigenvalue weighted by atomic mass is 10.1. The Morgan fingerprint density at radius 2 is 2.43 bits per heavy atom. The van der Waals surface area contributed by atoms with E-state index in [1.165, 1.54) is 6.07 Å². The highest BCUT2D eigenvalue weighted by Crippen LogP contribution is 2.22. The Labute approximate surface area is 81.3 Å². The normalized spacial score (nSPS) is 21.0. The van der Waals surface area contributed by atoms with Gasteiger partial charge in [0.05, 0.1) is 0 Å². The van der Waals surface area contributed by atoms with Gasteiger partial charge in [-0.2, -0.15) is 0 Å². The van der Waals surface area contributed by atoms with E-state index in [0.29, 0.717) is 6.04 Å². The van der Waals surface area contributed by atoms with Crippen molar-refractivity contribution in [2.24, 2.45) is 0 Å². The largest absolute Gasteiger partial charge is 0.363 e. The van der Waals surface area contributed by atoms with Gasteiger partial charge in [0.1, 0.15) is 6.20 Å². The van der Waals surface area contributed by atoms with Gasteiger partial charge in [-0.1, -0.05) is 0 Å². The smallest absolute Gasteiger partial charge is 0.358 e. The fourth-order valence-corrected chi connectivity index (χ4v) is 1.68. The molecule has 1 unspecified atom stereocenters. The molecule has 1 aliphatic rings. The molecule has 0 spiro atoms. The quantitative estimate of drug-likeness (QED) is 0.569. The van der Waals surface area contributed by atoms with Gasteiger partial charge in [0.15, 0.2) is 0 Å². The Hall–Kier alpha value is -1.49. The second kappa shape index (κ2) is 3.71. The highest BCUT2D eigenvalue weighted by atomic mass is 16.6. The molecule has 0 aromatic carbocycles. The maximum absolute atomic E-state index is 10.4. The molecule has 74 valence electrons. The van der Waals surface area contributed by atoms with Gasteiger partial charge < -0.3 is 15.4 Å². The lowest BCUT2D eigenvalue weighted by Crippen LogP contribution is -2.13. The van der Waals surface area contributed by atoms with Crippen LogP contribution in [0.4, 0.5) is 5.82 Å². The van der Waals surface area contributed by atoms with Gasteiger partial charge in [-0.15, -0.1) is 0 Å². The Morgan fingerprint density at radius 1 is 1.57 bits per heavy atom. The molecule has 1 fully saturated rings. The van der Waals surface area contributed by atoms with E-state index in [1.54, 1.807) is 12.3 Å². The summed E-state index contributed by atoms with van der Waals surface area (Å²) in [5.41, 5.74) is 1.04. The molecule has 0 saturated carbocycles. The van der Waals surface area contributed by atoms with Crippen LogP contribution >= 0.6 is 0 Å². The molecule has 2 heterocycles. The van der Waals surface area contributed by atoms with E-state index in [-0.39, 0.29) is 5.82 Å². The summed E-state index contributed by atoms with van der Waals surface area (Å²) in [5.74, 6) is -0.0910. The van der Waals surface area contributed by atoms with E-state index >= 15 is 0 Å². The third-order valence-electron chi connectivity index (χ3n) is 2.42. The van der Waals surface area contributed by atoms with Crippen LogP contribution in [-0.4, -0.2) is 16.5 Å². The monoisotopic (exact) mass is 193 g/mol. The number of aromatic nitrogens is 1. The van der Waals surface area contributed by atoms with Gasteiger partial charge in [-0.25, -0.2) is 0 Å². The summed E-state index contributed by atoms with van der Waals surface area (Å²) in [4.78, 5) is 13.7. The highest BCUT2D eigenvalue weighted by Gasteiger charge is 2.18. The molecule has 0 bridgehead atoms. The van der Waals surface area contributed by atoms with Crippen molar-refractivity contribution >= 4 is 5.82 Å². The SMILES string of the molecule is O=[N+]([O-])c1ccc(C2CCCN2)cn1. The molecule has 2 rings (SSSR count). The number of nitrogens with one attached hydrogen (secondary N) is 1. The van der Waals surface area contributed by atoms with Crippen molar-refractivity contribution in [3.63, 3.8) is 0 Å². The molecule has 0 radical (unpaired) electrons. The minimum absolute atomic E-state index is 0.0910. The molecule has 0 aliphatic carbocycles. The summed E-state index contributed by atoms with van der Waals surface area (Å²) >= 11 is 0. The van der Waals surface area contributed by atoms with Crippen LogP contribution in [0.15, 0.2) is 18.3 Å². The molecular formula is C9H11N3O2. The van der Waals surface area contributed by atoms with Crippen molar-refractivity contribution in [1.29, 1.82) is 0 Å². The van der Waals surface area contributed by atoms with E-state index in [4.69, 9.17) is 0 Å². The number of nitrogens with zero attached hydrogens (tertiary/aromatic N) is 2. The molecular weight excluding hydrogens is 182 g/mol. The number of pyridine rings is 1. The van der Waals surface area contributed by atoms with Gasteiger partial charge in [0.2, 0.25) is 0 Å². The van der Waals surface area contributed by atoms with Crippen LogP contribution in [0.2, 0.25) is 0 Å². The first-order chi connectivity index (χ1) is 6.77. The first-order valence-corrected chi connectivity index (χ1v) is 4.61. The minimum Gasteiger partial charge on any atom is -0.358 e. The second-order valence-corrected chi connectivity index (χ2v) is 3.36. The average molecular weight is 193 g/mol. The van der Waals surface area contributed by atoms with Crippen molar-refractivity contribution < 1.29 is 4.92 Å². The number of hydrogen-bond donors (Lipinski definition) is 1. The molecule has 1 aliphatic heterocycles. The summed E-state index contributed by atoms with van der Waals surface area (Å²) in [6.45, 7) is 1.02. The fraction of sp³-hybridized carbons (Fsp3) is 0.444. The maximum atomic E-state index is 10.4. The van der Waals surface area contributed by atoms with Crippen molar-refractivity contribution in [3.8, 4) is 0 Å². The molecule has 0 amide bonds. The number of rotatable bonds is 2. The van der Waals surface area contributed by atoms with Crippen LogP contribution in [0.25, 0.3) is 0 Å². The zero-order chi connectivity index (χ0) is 9.97. The Morgan fingerprint density at radius 3 is 2.93 bits per heavy atom. The number of hydrogen-bond acceptors (Lipinski definition) is 4. The predicted octanol–water partition coefficient (Wildman–Crippen LogP) is 1.41. The predicted molar refractivity (Wildman–Crippen MR) is 50.9 cm³/mol. The van der Waals surface area contributed by atoms with E-state index < -0.39 is 4.92 Å². The summed E-state index contributed by atoms with van der Waals surface area (Å²) in [5, 5.41) is 13.7. The summed E-state index contributed by atoms with van der Waals surface area (Å²) in [7, 11) is 0. The van der Waals surface area contributed by atoms with Gasteiger partial charge >= 0.3 is 5.82 Å². The molecule has 5 nitrogen and oxygen atoms in total. The van der Waals surface area contributed by atoms with Crippen LogP contribution in [0, 0.1) is 10.1 Å². The molecule has 14 heavy (non-hydrogen) atoms. The lowest BCUT2D eigenvalue weighted by Gasteiger charge is -2.07. The third-order valence-corrected chi connectivity index (χ3v) is 2.42. The zero-order valence-electron chi connectivity index (χ0n) is 7.64. The Balaban J connectivity index is 2.16. The summed E-state index contributed by atoms with van der Waals surface area (Å²) in [6.07, 6.45) is 3.82. The van der Waals surface area contributed by atoms with Gasteiger partial charge in [-0.05, 0) is 35.4 Å². The minimum atomic E-state index is -0.480. The number of nitro groups is 1. The molecule has 1 N–H and O–H groups in total. The van der Waals surface area contributed by atoms with E-state index in [0.717, 1.165) is 24.9 Å². The van der Waals surface area contributed by atoms with Crippen LogP contribution < -0.4 is 5.32 Å². The molecule has 1 aromatic rings. The van der Waals surface area contributed by atoms with Crippen molar-refractivity contribution in [1.82, 2.24) is 10.3 Å². The summed E-state index contributed by atoms with van der Waals surface area (Å²) in [6, 6.07) is 3.55. The van der Waals surface area contributed by atoms with Crippen LogP contribution in [0.3, 0.4) is 0 Å². The molecule has 1 atom stereocenters. The summed E-state index contributed by atoms with van der Waals surface area (Å²) < 4.78 is 0. The van der Waals surface area contributed by atoms with E-state index in [1.807, 2.05) is 0 Å². The Kier molecular flexibility index (Phi) is 2.41. The maximum Gasteiger partial charge on any atom is 0.363 e. The third kappa shape index (κ3) is 1.72. The first kappa shape index (κ1) is 9.08. The first-order valence-electron chi connectivity index (χ1n) is 4.61. The van der Waals surface area contributed by atoms with Crippen LogP contribution in [0.1, 0.15) is 24.4 Å². The highest BCUT2D eigenvalue weighted by molar-refractivity contribution is 5.25. The van der Waals surface area contributed by atoms with Crippen LogP contribution in [0.5, 0.6) is 0 Å². The standard InChI is InChI=1S/C9H11N3O2/c13-12(14)9-4-3-7(6-11-9)8-2-1-5-10-8/h3-4,6,8,10H,1-2,5H2. The zero-order valence-corrected chi connectivity index (χ0v) is 7.64. The van der Waals surface area contributed by atoms with Crippen molar-refractivity contribution in [2.45, 2.75) is 18.9 Å². The second-order valence-electron chi connectivity index (χ2n) is 3.36. The topological polar surface area (TPSA) is 68.1 Å². The van der Waals surface area contributed by atoms with Gasteiger partial charge in [0.25, 0.3) is 0 Å². The van der Waals surface area contributed by atoms with Crippen molar-refractivity contribution in [2.75, 3.05) is 6.54 Å². The van der Waals surface area contributed by atoms with Crippen LogP contribution in [-0.2, 0) is 0 Å². The average Bonchev–Trinajstić information content (AvgIpc) is 2.71. The Bertz CT molecular complexity index is 330.